The molecule has 1 aliphatic rings. The number of anilines is 1. The molecule has 0 N–H and O–H groups in total. The number of hydrogen-bond donors (Lipinski definition) is 0. The quantitative estimate of drug-likeness (QED) is 0.548. The third-order valence-electron chi connectivity index (χ3n) is 4.80. The van der Waals surface area contributed by atoms with E-state index in [-0.39, 0.29) is 24.4 Å². The lowest BCUT2D eigenvalue weighted by molar-refractivity contribution is -0.120. The van der Waals surface area contributed by atoms with Crippen LogP contribution in [0.3, 0.4) is 0 Å². The number of benzene rings is 2. The molecule has 1 aliphatic heterocycles. The van der Waals surface area contributed by atoms with Gasteiger partial charge < -0.3 is 9.47 Å². The normalized spacial score (nSPS) is 16.3. The van der Waals surface area contributed by atoms with Gasteiger partial charge in [-0.25, -0.2) is 9.37 Å². The van der Waals surface area contributed by atoms with E-state index < -0.39 is 0 Å². The number of aryl methyl sites for hydroxylation is 1. The Morgan fingerprint density at radius 1 is 1.34 bits per heavy atom. The summed E-state index contributed by atoms with van der Waals surface area (Å²) >= 11 is 7.72. The molecule has 29 heavy (non-hydrogen) atoms. The Morgan fingerprint density at radius 2 is 2.14 bits per heavy atom. The minimum absolute atomic E-state index is 0.0339. The second kappa shape index (κ2) is 8.65. The largest absolute Gasteiger partial charge is 0.484 e. The maximum atomic E-state index is 13.1. The Balaban J connectivity index is 1.58. The maximum Gasteiger partial charge on any atom is 0.266 e. The first kappa shape index (κ1) is 20.1. The van der Waals surface area contributed by atoms with Crippen molar-refractivity contribution in [3.05, 3.63) is 52.8 Å². The van der Waals surface area contributed by atoms with Crippen LogP contribution in [-0.4, -0.2) is 36.8 Å². The Bertz CT molecular complexity index is 980. The zero-order valence-corrected chi connectivity index (χ0v) is 17.4. The Hall–Kier alpha value is -2.22. The average molecular weight is 435 g/mol. The monoisotopic (exact) mass is 434 g/mol. The molecule has 1 fully saturated rings. The number of carbonyl (C=O) groups is 1. The van der Waals surface area contributed by atoms with Crippen molar-refractivity contribution in [2.24, 2.45) is 0 Å². The maximum absolute atomic E-state index is 13.1. The summed E-state index contributed by atoms with van der Waals surface area (Å²) in [6.45, 7) is 2.89. The molecule has 0 radical (unpaired) electrons. The van der Waals surface area contributed by atoms with E-state index in [9.17, 15) is 9.18 Å². The highest BCUT2D eigenvalue weighted by Gasteiger charge is 2.27. The molecule has 3 aromatic rings. The van der Waals surface area contributed by atoms with Crippen LogP contribution in [0, 0.1) is 12.7 Å². The Kier molecular flexibility index (Phi) is 5.99. The van der Waals surface area contributed by atoms with Gasteiger partial charge in [-0.2, -0.15) is 0 Å². The fourth-order valence-corrected chi connectivity index (χ4v) is 4.58. The van der Waals surface area contributed by atoms with Crippen LogP contribution in [0.15, 0.2) is 36.4 Å². The molecule has 2 heterocycles. The van der Waals surface area contributed by atoms with Crippen molar-refractivity contribution in [2.75, 3.05) is 24.7 Å². The molecule has 8 heteroatoms. The minimum Gasteiger partial charge on any atom is -0.484 e. The van der Waals surface area contributed by atoms with E-state index >= 15 is 0 Å². The molecule has 0 spiro atoms. The summed E-state index contributed by atoms with van der Waals surface area (Å²) < 4.78 is 25.2. The standard InChI is InChI=1S/C21H20ClFN2O3S/c1-13-4-9-17(22)20-19(13)24-21(29-20)25(11-16-3-2-10-27-16)18(26)12-28-15-7-5-14(23)6-8-15/h4-9,16H,2-3,10-12H2,1H3. The zero-order chi connectivity index (χ0) is 20.4. The highest BCUT2D eigenvalue weighted by atomic mass is 35.5. The van der Waals surface area contributed by atoms with Crippen molar-refractivity contribution >= 4 is 44.2 Å². The van der Waals surface area contributed by atoms with Gasteiger partial charge in [-0.3, -0.25) is 9.69 Å². The summed E-state index contributed by atoms with van der Waals surface area (Å²) in [6, 6.07) is 9.33. The lowest BCUT2D eigenvalue weighted by atomic mass is 10.2. The van der Waals surface area contributed by atoms with Crippen LogP contribution in [0.2, 0.25) is 5.02 Å². The van der Waals surface area contributed by atoms with Crippen LogP contribution < -0.4 is 9.64 Å². The first-order valence-corrected chi connectivity index (χ1v) is 10.6. The van der Waals surface area contributed by atoms with Crippen LogP contribution in [0.4, 0.5) is 9.52 Å². The van der Waals surface area contributed by atoms with Crippen molar-refractivity contribution in [1.29, 1.82) is 0 Å². The van der Waals surface area contributed by atoms with Gasteiger partial charge in [0, 0.05) is 6.61 Å². The van der Waals surface area contributed by atoms with Crippen molar-refractivity contribution in [2.45, 2.75) is 25.9 Å². The summed E-state index contributed by atoms with van der Waals surface area (Å²) in [6.07, 6.45) is 1.84. The summed E-state index contributed by atoms with van der Waals surface area (Å²) in [5, 5.41) is 1.18. The van der Waals surface area contributed by atoms with Crippen LogP contribution in [0.25, 0.3) is 10.2 Å². The average Bonchev–Trinajstić information content (AvgIpc) is 3.39. The molecule has 152 valence electrons. The van der Waals surface area contributed by atoms with Gasteiger partial charge in [0.25, 0.3) is 5.91 Å². The first-order chi connectivity index (χ1) is 14.0. The number of ether oxygens (including phenoxy) is 2. The van der Waals surface area contributed by atoms with Crippen LogP contribution in [-0.2, 0) is 9.53 Å². The van der Waals surface area contributed by atoms with Gasteiger partial charge in [-0.15, -0.1) is 0 Å². The third-order valence-corrected chi connectivity index (χ3v) is 6.34. The number of fused-ring (bicyclic) bond motifs is 1. The number of halogens is 2. The van der Waals surface area contributed by atoms with Gasteiger partial charge in [-0.1, -0.05) is 29.0 Å². The molecule has 1 saturated heterocycles. The second-order valence-corrected chi connectivity index (χ2v) is 8.31. The molecular weight excluding hydrogens is 415 g/mol. The SMILES string of the molecule is Cc1ccc(Cl)c2sc(N(CC3CCCO3)C(=O)COc3ccc(F)cc3)nc12. The number of carbonyl (C=O) groups excluding carboxylic acids is 1. The number of rotatable bonds is 6. The lowest BCUT2D eigenvalue weighted by Gasteiger charge is -2.23. The number of aromatic nitrogens is 1. The Morgan fingerprint density at radius 3 is 2.83 bits per heavy atom. The van der Waals surface area contributed by atoms with Crippen LogP contribution in [0.5, 0.6) is 5.75 Å². The van der Waals surface area contributed by atoms with Crippen molar-refractivity contribution in [3.8, 4) is 5.75 Å². The van der Waals surface area contributed by atoms with E-state index in [2.05, 4.69) is 4.98 Å². The molecule has 4 rings (SSSR count). The predicted molar refractivity (Wildman–Crippen MR) is 113 cm³/mol. The van der Waals surface area contributed by atoms with Gasteiger partial charge in [-0.05, 0) is 55.7 Å². The second-order valence-electron chi connectivity index (χ2n) is 6.92. The number of nitrogens with zero attached hydrogens (tertiary/aromatic N) is 2. The Labute approximate surface area is 177 Å². The molecule has 0 bridgehead atoms. The van der Waals surface area contributed by atoms with Crippen molar-refractivity contribution in [1.82, 2.24) is 4.98 Å². The van der Waals surface area contributed by atoms with E-state index in [1.165, 1.54) is 35.6 Å². The van der Waals surface area contributed by atoms with E-state index in [1.807, 2.05) is 19.1 Å². The van der Waals surface area contributed by atoms with Gasteiger partial charge in [0.05, 0.1) is 27.9 Å². The van der Waals surface area contributed by atoms with E-state index in [0.717, 1.165) is 28.6 Å². The highest BCUT2D eigenvalue weighted by Crippen LogP contribution is 2.36. The third kappa shape index (κ3) is 4.52. The fraction of sp³-hybridized carbons (Fsp3) is 0.333. The predicted octanol–water partition coefficient (Wildman–Crippen LogP) is 4.99. The molecule has 0 aliphatic carbocycles. The lowest BCUT2D eigenvalue weighted by Crippen LogP contribution is -2.40. The molecular formula is C21H20ClFN2O3S. The van der Waals surface area contributed by atoms with Gasteiger partial charge >= 0.3 is 0 Å². The summed E-state index contributed by atoms with van der Waals surface area (Å²) in [7, 11) is 0. The van der Waals surface area contributed by atoms with Crippen molar-refractivity contribution < 1.29 is 18.7 Å². The summed E-state index contributed by atoms with van der Waals surface area (Å²) in [5.74, 6) is -0.164. The smallest absolute Gasteiger partial charge is 0.266 e. The number of hydrogen-bond acceptors (Lipinski definition) is 5. The summed E-state index contributed by atoms with van der Waals surface area (Å²) in [4.78, 5) is 19.3. The highest BCUT2D eigenvalue weighted by molar-refractivity contribution is 7.23. The van der Waals surface area contributed by atoms with Gasteiger partial charge in [0.2, 0.25) is 0 Å². The molecule has 1 unspecified atom stereocenters. The molecule has 1 amide bonds. The van der Waals surface area contributed by atoms with E-state index in [1.54, 1.807) is 4.90 Å². The molecule has 1 atom stereocenters. The van der Waals surface area contributed by atoms with Gasteiger partial charge in [0.15, 0.2) is 11.7 Å². The topological polar surface area (TPSA) is 51.7 Å². The minimum atomic E-state index is -0.356. The van der Waals surface area contributed by atoms with Crippen molar-refractivity contribution in [3.63, 3.8) is 0 Å². The first-order valence-electron chi connectivity index (χ1n) is 9.37. The molecule has 0 saturated carbocycles. The molecule has 1 aromatic heterocycles. The van der Waals surface area contributed by atoms with Gasteiger partial charge in [0.1, 0.15) is 11.6 Å². The summed E-state index contributed by atoms with van der Waals surface area (Å²) in [5.41, 5.74) is 1.79. The number of thiazole rings is 1. The van der Waals surface area contributed by atoms with E-state index in [4.69, 9.17) is 21.1 Å². The molecule has 2 aromatic carbocycles. The zero-order valence-electron chi connectivity index (χ0n) is 15.9. The van der Waals surface area contributed by atoms with Crippen LogP contribution >= 0.6 is 22.9 Å². The van der Waals surface area contributed by atoms with Crippen LogP contribution in [0.1, 0.15) is 18.4 Å². The molecule has 5 nitrogen and oxygen atoms in total. The van der Waals surface area contributed by atoms with E-state index in [0.29, 0.717) is 29.1 Å². The fourth-order valence-electron chi connectivity index (χ4n) is 3.24. The number of amides is 1.